The van der Waals surface area contributed by atoms with Crippen molar-refractivity contribution in [2.75, 3.05) is 12.3 Å². The van der Waals surface area contributed by atoms with E-state index < -0.39 is 0 Å². The van der Waals surface area contributed by atoms with Gasteiger partial charge >= 0.3 is 0 Å². The number of rotatable bonds is 7. The molecule has 0 bridgehead atoms. The first-order valence-corrected chi connectivity index (χ1v) is 8.56. The van der Waals surface area contributed by atoms with E-state index in [4.69, 9.17) is 0 Å². The van der Waals surface area contributed by atoms with Crippen LogP contribution in [0, 0.1) is 12.7 Å². The van der Waals surface area contributed by atoms with Crippen LogP contribution < -0.4 is 5.32 Å². The van der Waals surface area contributed by atoms with Crippen LogP contribution in [0.25, 0.3) is 0 Å². The van der Waals surface area contributed by atoms with Crippen LogP contribution in [0.15, 0.2) is 34.5 Å². The molecule has 0 radical (unpaired) electrons. The maximum absolute atomic E-state index is 12.9. The summed E-state index contributed by atoms with van der Waals surface area (Å²) in [6.07, 6.45) is 0.945. The summed E-state index contributed by atoms with van der Waals surface area (Å²) in [5.74, 6) is 0.772. The Morgan fingerprint density at radius 1 is 1.35 bits per heavy atom. The molecule has 1 unspecified atom stereocenters. The summed E-state index contributed by atoms with van der Waals surface area (Å²) in [5.41, 5.74) is 1.09. The van der Waals surface area contributed by atoms with Crippen molar-refractivity contribution < 1.29 is 4.39 Å². The van der Waals surface area contributed by atoms with Gasteiger partial charge in [0.05, 0.1) is 5.01 Å². The van der Waals surface area contributed by atoms with Gasteiger partial charge in [0, 0.05) is 34.2 Å². The quantitative estimate of drug-likeness (QED) is 0.785. The second-order valence-electron chi connectivity index (χ2n) is 4.61. The highest BCUT2D eigenvalue weighted by molar-refractivity contribution is 7.99. The van der Waals surface area contributed by atoms with Crippen LogP contribution in [0.1, 0.15) is 17.6 Å². The zero-order valence-electron chi connectivity index (χ0n) is 11.7. The molecule has 0 spiro atoms. The smallest absolute Gasteiger partial charge is 0.123 e. The molecule has 2 aromatic rings. The number of likely N-dealkylation sites (N-methyl/N-ethyl adjacent to an activating group) is 1. The first-order chi connectivity index (χ1) is 9.67. The van der Waals surface area contributed by atoms with Crippen LogP contribution in [-0.2, 0) is 6.42 Å². The van der Waals surface area contributed by atoms with Gasteiger partial charge in [-0.05, 0) is 37.7 Å². The number of thioether (sulfide) groups is 1. The Hall–Kier alpha value is -0.910. The number of nitrogens with zero attached hydrogens (tertiary/aromatic N) is 1. The second kappa shape index (κ2) is 7.76. The number of aromatic nitrogens is 1. The zero-order chi connectivity index (χ0) is 14.4. The molecular weight excluding hydrogens is 291 g/mol. The number of halogens is 1. The monoisotopic (exact) mass is 310 g/mol. The molecule has 1 heterocycles. The Kier molecular flexibility index (Phi) is 6.01. The van der Waals surface area contributed by atoms with Crippen molar-refractivity contribution in [1.82, 2.24) is 10.3 Å². The lowest BCUT2D eigenvalue weighted by Gasteiger charge is -2.16. The Bertz CT molecular complexity index is 525. The van der Waals surface area contributed by atoms with Crippen molar-refractivity contribution in [1.29, 1.82) is 0 Å². The fraction of sp³-hybridized carbons (Fsp3) is 0.400. The number of hydrogen-bond donors (Lipinski definition) is 1. The third kappa shape index (κ3) is 4.89. The molecule has 0 aliphatic heterocycles. The topological polar surface area (TPSA) is 24.9 Å². The van der Waals surface area contributed by atoms with E-state index in [0.717, 1.165) is 29.3 Å². The average molecular weight is 310 g/mol. The van der Waals surface area contributed by atoms with E-state index in [1.54, 1.807) is 23.1 Å². The molecule has 2 rings (SSSR count). The molecule has 2 nitrogen and oxygen atoms in total. The Balaban J connectivity index is 1.90. The number of nitrogens with one attached hydrogen (secondary N) is 1. The summed E-state index contributed by atoms with van der Waals surface area (Å²) in [6.45, 7) is 5.08. The molecule has 1 aromatic carbocycles. The fourth-order valence-corrected chi connectivity index (χ4v) is 3.72. The number of aryl methyl sites for hydroxylation is 1. The Morgan fingerprint density at radius 3 is 2.70 bits per heavy atom. The van der Waals surface area contributed by atoms with E-state index in [9.17, 15) is 4.39 Å². The van der Waals surface area contributed by atoms with Crippen molar-refractivity contribution in [3.05, 3.63) is 46.2 Å². The van der Waals surface area contributed by atoms with E-state index in [2.05, 4.69) is 22.6 Å². The highest BCUT2D eigenvalue weighted by Gasteiger charge is 2.11. The van der Waals surface area contributed by atoms with Crippen LogP contribution in [0.5, 0.6) is 0 Å². The second-order valence-corrected chi connectivity index (χ2v) is 6.64. The minimum Gasteiger partial charge on any atom is -0.313 e. The third-order valence-corrected chi connectivity index (χ3v) is 5.01. The summed E-state index contributed by atoms with van der Waals surface area (Å²) >= 11 is 3.47. The van der Waals surface area contributed by atoms with Gasteiger partial charge in [-0.2, -0.15) is 0 Å². The lowest BCUT2D eigenvalue weighted by Crippen LogP contribution is -2.33. The molecule has 0 amide bonds. The van der Waals surface area contributed by atoms with Gasteiger partial charge in [0.2, 0.25) is 0 Å². The molecule has 1 N–H and O–H groups in total. The van der Waals surface area contributed by atoms with Crippen LogP contribution in [-0.4, -0.2) is 23.3 Å². The molecule has 0 aliphatic carbocycles. The fourth-order valence-electron chi connectivity index (χ4n) is 1.91. The average Bonchev–Trinajstić information content (AvgIpc) is 2.83. The SMILES string of the molecule is CCNC(CSc1ccc(F)cc1)Cc1nc(C)cs1. The van der Waals surface area contributed by atoms with Crippen LogP contribution in [0.4, 0.5) is 4.39 Å². The minimum atomic E-state index is -0.184. The van der Waals surface area contributed by atoms with Gasteiger partial charge in [0.15, 0.2) is 0 Å². The minimum absolute atomic E-state index is 0.184. The molecule has 0 saturated heterocycles. The molecule has 0 fully saturated rings. The molecule has 1 atom stereocenters. The molecule has 108 valence electrons. The summed E-state index contributed by atoms with van der Waals surface area (Å²) < 4.78 is 12.9. The van der Waals surface area contributed by atoms with Crippen molar-refractivity contribution in [3.63, 3.8) is 0 Å². The summed E-state index contributed by atoms with van der Waals surface area (Å²) in [4.78, 5) is 5.62. The lowest BCUT2D eigenvalue weighted by atomic mass is 10.2. The maximum Gasteiger partial charge on any atom is 0.123 e. The normalized spacial score (nSPS) is 12.6. The third-order valence-electron chi connectivity index (χ3n) is 2.85. The number of thiazole rings is 1. The molecule has 20 heavy (non-hydrogen) atoms. The van der Waals surface area contributed by atoms with Gasteiger partial charge in [0.1, 0.15) is 5.82 Å². The van der Waals surface area contributed by atoms with Crippen LogP contribution in [0.3, 0.4) is 0 Å². The lowest BCUT2D eigenvalue weighted by molar-refractivity contribution is 0.571. The van der Waals surface area contributed by atoms with Gasteiger partial charge < -0.3 is 5.32 Å². The molecule has 0 aliphatic rings. The Labute approximate surface area is 127 Å². The standard InChI is InChI=1S/C15H19FN2S2/c1-3-17-13(8-15-18-11(2)9-20-15)10-19-14-6-4-12(16)5-7-14/h4-7,9,13,17H,3,8,10H2,1-2H3. The maximum atomic E-state index is 12.9. The largest absolute Gasteiger partial charge is 0.313 e. The van der Waals surface area contributed by atoms with Gasteiger partial charge in [0.25, 0.3) is 0 Å². The van der Waals surface area contributed by atoms with E-state index in [1.807, 2.05) is 19.1 Å². The first-order valence-electron chi connectivity index (χ1n) is 6.70. The number of benzene rings is 1. The predicted octanol–water partition coefficient (Wildman–Crippen LogP) is 3.90. The van der Waals surface area contributed by atoms with Crippen molar-refractivity contribution >= 4 is 23.1 Å². The van der Waals surface area contributed by atoms with Crippen LogP contribution in [0.2, 0.25) is 0 Å². The van der Waals surface area contributed by atoms with Crippen LogP contribution >= 0.6 is 23.1 Å². The van der Waals surface area contributed by atoms with Crippen molar-refractivity contribution in [2.45, 2.75) is 31.2 Å². The Morgan fingerprint density at radius 2 is 2.10 bits per heavy atom. The van der Waals surface area contributed by atoms with Crippen molar-refractivity contribution in [2.24, 2.45) is 0 Å². The summed E-state index contributed by atoms with van der Waals surface area (Å²) in [7, 11) is 0. The molecule has 1 aromatic heterocycles. The molecular formula is C15H19FN2S2. The van der Waals surface area contributed by atoms with E-state index in [0.29, 0.717) is 6.04 Å². The van der Waals surface area contributed by atoms with Crippen molar-refractivity contribution in [3.8, 4) is 0 Å². The van der Waals surface area contributed by atoms with Gasteiger partial charge in [-0.1, -0.05) is 6.92 Å². The first kappa shape index (κ1) is 15.5. The summed E-state index contributed by atoms with van der Waals surface area (Å²) in [6, 6.07) is 7.07. The number of hydrogen-bond acceptors (Lipinski definition) is 4. The highest BCUT2D eigenvalue weighted by Crippen LogP contribution is 2.21. The predicted molar refractivity (Wildman–Crippen MR) is 85.1 cm³/mol. The van der Waals surface area contributed by atoms with Gasteiger partial charge in [-0.3, -0.25) is 0 Å². The highest BCUT2D eigenvalue weighted by atomic mass is 32.2. The van der Waals surface area contributed by atoms with Gasteiger partial charge in [-0.25, -0.2) is 9.37 Å². The van der Waals surface area contributed by atoms with E-state index in [-0.39, 0.29) is 5.82 Å². The van der Waals surface area contributed by atoms with E-state index in [1.165, 1.54) is 17.1 Å². The molecule has 5 heteroatoms. The van der Waals surface area contributed by atoms with Gasteiger partial charge in [-0.15, -0.1) is 23.1 Å². The van der Waals surface area contributed by atoms with E-state index >= 15 is 0 Å². The summed E-state index contributed by atoms with van der Waals surface area (Å²) in [5, 5.41) is 6.76. The zero-order valence-corrected chi connectivity index (χ0v) is 13.4. The molecule has 0 saturated carbocycles.